The zero-order valence-corrected chi connectivity index (χ0v) is 9.49. The quantitative estimate of drug-likeness (QED) is 0.531. The number of carbonyl (C=O) groups excluding carboxylic acids is 1. The Kier molecular flexibility index (Phi) is 3.74. The minimum Gasteiger partial charge on any atom is -0.480 e. The number of rotatable bonds is 5. The Bertz CT molecular complexity index is 291. The molecule has 0 aromatic heterocycles. The average Bonchev–Trinajstić information content (AvgIpc) is 2.72. The van der Waals surface area contributed by atoms with Gasteiger partial charge in [-0.3, -0.25) is 0 Å². The summed E-state index contributed by atoms with van der Waals surface area (Å²) in [7, 11) is 0. The molecule has 1 aliphatic rings. The van der Waals surface area contributed by atoms with Crippen LogP contribution in [0.5, 0.6) is 0 Å². The van der Waals surface area contributed by atoms with Crippen molar-refractivity contribution in [3.8, 4) is 0 Å². The lowest BCUT2D eigenvalue weighted by molar-refractivity contribution is -0.139. The number of carboxylic acids is 1. The first-order valence-corrected chi connectivity index (χ1v) is 5.27. The first-order valence-electron chi connectivity index (χ1n) is 5.27. The lowest BCUT2D eigenvalue weighted by atomic mass is 10.2. The van der Waals surface area contributed by atoms with Gasteiger partial charge in [0, 0.05) is 19.1 Å². The standard InChI is InChI=1S/C10H18N2O4/c1-10(2)5-7(10)12-9(16)11-6(3-4-13)8(14)15/h6-7,13H,3-5H2,1-2H3,(H,14,15)(H2,11,12,16)/t6-,7?/m0/s1. The summed E-state index contributed by atoms with van der Waals surface area (Å²) >= 11 is 0. The topological polar surface area (TPSA) is 98.7 Å². The van der Waals surface area contributed by atoms with Crippen LogP contribution in [0.4, 0.5) is 4.79 Å². The van der Waals surface area contributed by atoms with Gasteiger partial charge in [-0.05, 0) is 11.8 Å². The van der Waals surface area contributed by atoms with E-state index < -0.39 is 18.0 Å². The Morgan fingerprint density at radius 1 is 1.50 bits per heavy atom. The van der Waals surface area contributed by atoms with E-state index in [-0.39, 0.29) is 24.5 Å². The molecule has 1 unspecified atom stereocenters. The number of nitrogens with one attached hydrogen (secondary N) is 2. The van der Waals surface area contributed by atoms with Crippen molar-refractivity contribution in [2.75, 3.05) is 6.61 Å². The van der Waals surface area contributed by atoms with Gasteiger partial charge in [0.2, 0.25) is 0 Å². The minimum absolute atomic E-state index is 0.0107. The van der Waals surface area contributed by atoms with Gasteiger partial charge >= 0.3 is 12.0 Å². The molecule has 1 fully saturated rings. The largest absolute Gasteiger partial charge is 0.480 e. The predicted molar refractivity (Wildman–Crippen MR) is 57.0 cm³/mol. The second kappa shape index (κ2) is 4.69. The maximum absolute atomic E-state index is 11.4. The number of urea groups is 1. The second-order valence-electron chi connectivity index (χ2n) is 4.77. The van der Waals surface area contributed by atoms with Crippen molar-refractivity contribution in [1.82, 2.24) is 10.6 Å². The van der Waals surface area contributed by atoms with Crippen molar-refractivity contribution in [3.05, 3.63) is 0 Å². The summed E-state index contributed by atoms with van der Waals surface area (Å²) in [5.41, 5.74) is 0.104. The maximum atomic E-state index is 11.4. The first kappa shape index (κ1) is 12.8. The molecule has 2 amide bonds. The third-order valence-electron chi connectivity index (χ3n) is 2.84. The molecule has 0 bridgehead atoms. The zero-order valence-electron chi connectivity index (χ0n) is 9.49. The highest BCUT2D eigenvalue weighted by molar-refractivity contribution is 5.82. The van der Waals surface area contributed by atoms with Crippen LogP contribution in [0.15, 0.2) is 0 Å². The molecule has 0 saturated heterocycles. The van der Waals surface area contributed by atoms with E-state index in [9.17, 15) is 9.59 Å². The summed E-state index contributed by atoms with van der Waals surface area (Å²) in [6.45, 7) is 3.78. The lowest BCUT2D eigenvalue weighted by Gasteiger charge is -2.14. The lowest BCUT2D eigenvalue weighted by Crippen LogP contribution is -2.47. The van der Waals surface area contributed by atoms with Crippen molar-refractivity contribution >= 4 is 12.0 Å². The predicted octanol–water partition coefficient (Wildman–Crippen LogP) is -0.0803. The molecule has 16 heavy (non-hydrogen) atoms. The summed E-state index contributed by atoms with van der Waals surface area (Å²) in [6.07, 6.45) is 0.912. The van der Waals surface area contributed by atoms with E-state index >= 15 is 0 Å². The summed E-state index contributed by atoms with van der Waals surface area (Å²) in [4.78, 5) is 22.1. The van der Waals surface area contributed by atoms with E-state index in [1.165, 1.54) is 0 Å². The SMILES string of the molecule is CC1(C)CC1NC(=O)N[C@@H](CCO)C(=O)O. The highest BCUT2D eigenvalue weighted by Crippen LogP contribution is 2.44. The molecule has 1 aliphatic carbocycles. The van der Waals surface area contributed by atoms with Crippen molar-refractivity contribution < 1.29 is 19.8 Å². The third-order valence-corrected chi connectivity index (χ3v) is 2.84. The Labute approximate surface area is 94.0 Å². The van der Waals surface area contributed by atoms with Gasteiger partial charge in [-0.2, -0.15) is 0 Å². The molecule has 0 radical (unpaired) electrons. The van der Waals surface area contributed by atoms with Crippen molar-refractivity contribution in [1.29, 1.82) is 0 Å². The van der Waals surface area contributed by atoms with E-state index in [1.807, 2.05) is 13.8 Å². The van der Waals surface area contributed by atoms with E-state index in [1.54, 1.807) is 0 Å². The zero-order chi connectivity index (χ0) is 12.3. The number of aliphatic hydroxyl groups is 1. The monoisotopic (exact) mass is 230 g/mol. The van der Waals surface area contributed by atoms with Crippen LogP contribution in [-0.2, 0) is 4.79 Å². The van der Waals surface area contributed by atoms with Crippen LogP contribution in [0.25, 0.3) is 0 Å². The second-order valence-corrected chi connectivity index (χ2v) is 4.77. The van der Waals surface area contributed by atoms with Crippen molar-refractivity contribution in [3.63, 3.8) is 0 Å². The number of carboxylic acid groups (broad SMARTS) is 1. The van der Waals surface area contributed by atoms with Crippen LogP contribution in [0.2, 0.25) is 0 Å². The molecule has 6 nitrogen and oxygen atoms in total. The van der Waals surface area contributed by atoms with Crippen LogP contribution in [0.3, 0.4) is 0 Å². The molecular formula is C10H18N2O4. The van der Waals surface area contributed by atoms with Gasteiger partial charge in [-0.1, -0.05) is 13.8 Å². The van der Waals surface area contributed by atoms with Crippen molar-refractivity contribution in [2.24, 2.45) is 5.41 Å². The Morgan fingerprint density at radius 2 is 2.06 bits per heavy atom. The minimum atomic E-state index is -1.14. The van der Waals surface area contributed by atoms with Gasteiger partial charge in [0.15, 0.2) is 0 Å². The van der Waals surface area contributed by atoms with E-state index in [2.05, 4.69) is 10.6 Å². The van der Waals surface area contributed by atoms with Crippen molar-refractivity contribution in [2.45, 2.75) is 38.8 Å². The molecule has 0 aromatic carbocycles. The molecule has 0 spiro atoms. The molecule has 92 valence electrons. The van der Waals surface area contributed by atoms with Gasteiger partial charge in [0.05, 0.1) is 0 Å². The molecule has 0 heterocycles. The average molecular weight is 230 g/mol. The van der Waals surface area contributed by atoms with Gasteiger partial charge in [-0.25, -0.2) is 9.59 Å². The van der Waals surface area contributed by atoms with Crippen LogP contribution >= 0.6 is 0 Å². The highest BCUT2D eigenvalue weighted by atomic mass is 16.4. The molecule has 6 heteroatoms. The number of amides is 2. The summed E-state index contributed by atoms with van der Waals surface area (Å²) in [5, 5.41) is 22.4. The fraction of sp³-hybridized carbons (Fsp3) is 0.800. The molecule has 0 aromatic rings. The molecule has 1 rings (SSSR count). The van der Waals surface area contributed by atoms with Crippen LogP contribution in [0, 0.1) is 5.41 Å². The number of aliphatic hydroxyl groups excluding tert-OH is 1. The Balaban J connectivity index is 2.34. The van der Waals surface area contributed by atoms with Crippen LogP contribution in [-0.4, -0.2) is 40.9 Å². The van der Waals surface area contributed by atoms with Crippen LogP contribution < -0.4 is 10.6 Å². The van der Waals surface area contributed by atoms with E-state index in [4.69, 9.17) is 10.2 Å². The van der Waals surface area contributed by atoms with Crippen LogP contribution in [0.1, 0.15) is 26.7 Å². The third kappa shape index (κ3) is 3.37. The number of aliphatic carboxylic acids is 1. The molecule has 0 aliphatic heterocycles. The van der Waals surface area contributed by atoms with Gasteiger partial charge in [0.1, 0.15) is 6.04 Å². The van der Waals surface area contributed by atoms with E-state index in [0.29, 0.717) is 0 Å². The Hall–Kier alpha value is -1.30. The highest BCUT2D eigenvalue weighted by Gasteiger charge is 2.46. The van der Waals surface area contributed by atoms with Gasteiger partial charge in [0.25, 0.3) is 0 Å². The molecular weight excluding hydrogens is 212 g/mol. The molecule has 1 saturated carbocycles. The number of hydrogen-bond donors (Lipinski definition) is 4. The normalized spacial score (nSPS) is 23.3. The van der Waals surface area contributed by atoms with Gasteiger partial charge < -0.3 is 20.8 Å². The number of carbonyl (C=O) groups is 2. The summed E-state index contributed by atoms with van der Waals surface area (Å²) in [5.74, 6) is -1.14. The summed E-state index contributed by atoms with van der Waals surface area (Å²) < 4.78 is 0. The molecule has 4 N–H and O–H groups in total. The maximum Gasteiger partial charge on any atom is 0.326 e. The van der Waals surface area contributed by atoms with E-state index in [0.717, 1.165) is 6.42 Å². The fourth-order valence-electron chi connectivity index (χ4n) is 1.46. The van der Waals surface area contributed by atoms with Gasteiger partial charge in [-0.15, -0.1) is 0 Å². The first-order chi connectivity index (χ1) is 7.36. The number of hydrogen-bond acceptors (Lipinski definition) is 3. The fourth-order valence-corrected chi connectivity index (χ4v) is 1.46. The summed E-state index contributed by atoms with van der Waals surface area (Å²) in [6, 6.07) is -1.42. The smallest absolute Gasteiger partial charge is 0.326 e. The molecule has 2 atom stereocenters. The Morgan fingerprint density at radius 3 is 2.44 bits per heavy atom.